The Kier molecular flexibility index (Phi) is 26.0. The van der Waals surface area contributed by atoms with E-state index in [0.717, 1.165) is 0 Å². The normalized spacial score (nSPS) is 8.61. The molecule has 3 aromatic carbocycles. The molecule has 0 fully saturated rings. The first-order valence-electron chi connectivity index (χ1n) is 8.22. The summed E-state index contributed by atoms with van der Waals surface area (Å²) in [6.07, 6.45) is 0. The van der Waals surface area contributed by atoms with Gasteiger partial charge in [0.05, 0.1) is 5.02 Å². The number of hydrogen-bond donors (Lipinski definition) is 6. The van der Waals surface area contributed by atoms with E-state index in [1.54, 1.807) is 19.1 Å². The fraction of sp³-hybridized carbons (Fsp3) is 0.143. The summed E-state index contributed by atoms with van der Waals surface area (Å²) >= 11 is 15.0. The minimum absolute atomic E-state index is 0. The number of alkyl halides is 1. The monoisotopic (exact) mass is 968 g/mol. The Morgan fingerprint density at radius 1 is 0.636 bits per heavy atom. The molecule has 0 heterocycles. The molecule has 0 spiro atoms. The number of benzene rings is 3. The summed E-state index contributed by atoms with van der Waals surface area (Å²) in [6.45, 7) is 1.66. The van der Waals surface area contributed by atoms with Crippen molar-refractivity contribution in [2.24, 2.45) is 0 Å². The first kappa shape index (κ1) is 37.8. The average Bonchev–Trinajstić information content (AvgIpc) is 2.71. The van der Waals surface area contributed by atoms with Gasteiger partial charge in [-0.3, -0.25) is 0 Å². The van der Waals surface area contributed by atoms with E-state index >= 15 is 0 Å². The van der Waals surface area contributed by atoms with Crippen molar-refractivity contribution in [2.75, 3.05) is 4.93 Å². The molecule has 3 rings (SSSR count). The van der Waals surface area contributed by atoms with Gasteiger partial charge in [-0.15, -0.1) is 0 Å². The quantitative estimate of drug-likeness (QED) is 0.0993. The van der Waals surface area contributed by atoms with Crippen molar-refractivity contribution in [2.45, 2.75) is 14.4 Å². The standard InChI is InChI=1S/C7H8O2.C6H5ClO2.C6H6O2.CH3I.CH4.3HI.V/c1-5-6(8)3-2-4-7(5)9;7-5-2-1-4(8)3-6(5)9;7-5-2-1-3-6(8)4-5;1-2;;;;;/h2-4,8-9H,1H3;1-3,8-9H;1-4,7-8H;1H3;1H4;3*1H;/q;;;;;;;;+3/p-3. The van der Waals surface area contributed by atoms with Gasteiger partial charge in [0.25, 0.3) is 0 Å². The van der Waals surface area contributed by atoms with E-state index < -0.39 is 0 Å². The number of halogens is 5. The Morgan fingerprint density at radius 3 is 1.27 bits per heavy atom. The van der Waals surface area contributed by atoms with Crippen LogP contribution in [0, 0.1) is 6.92 Å². The van der Waals surface area contributed by atoms with Crippen LogP contribution in [0.25, 0.3) is 0 Å². The summed E-state index contributed by atoms with van der Waals surface area (Å²) in [4.78, 5) is 1.69. The van der Waals surface area contributed by atoms with Gasteiger partial charge in [-0.2, -0.15) is 0 Å². The van der Waals surface area contributed by atoms with E-state index in [2.05, 4.69) is 82.5 Å². The van der Waals surface area contributed by atoms with Crippen molar-refractivity contribution >= 4 is 94.1 Å². The van der Waals surface area contributed by atoms with Gasteiger partial charge in [0.2, 0.25) is 0 Å². The zero-order valence-corrected chi connectivity index (χ0v) is 27.6. The molecule has 6 nitrogen and oxygen atoms in total. The Labute approximate surface area is 251 Å². The zero-order valence-electron chi connectivity index (χ0n) is 16.8. The predicted molar refractivity (Wildman–Crippen MR) is 168 cm³/mol. The summed E-state index contributed by atoms with van der Waals surface area (Å²) in [6, 6.07) is 14.5. The van der Waals surface area contributed by atoms with Gasteiger partial charge >= 0.3 is 64.9 Å². The van der Waals surface area contributed by atoms with Crippen molar-refractivity contribution in [3.8, 4) is 34.5 Å². The van der Waals surface area contributed by atoms with Crippen molar-refractivity contribution in [3.63, 3.8) is 0 Å². The van der Waals surface area contributed by atoms with Crippen LogP contribution in [0.2, 0.25) is 5.02 Å². The Bertz CT molecular complexity index is 879. The summed E-state index contributed by atoms with van der Waals surface area (Å²) in [5.74, 6) is 0.355. The van der Waals surface area contributed by atoms with Gasteiger partial charge < -0.3 is 30.6 Å². The predicted octanol–water partition coefficient (Wildman–Crippen LogP) is 8.60. The van der Waals surface area contributed by atoms with Gasteiger partial charge in [-0.05, 0) is 48.3 Å². The molecule has 0 aliphatic rings. The van der Waals surface area contributed by atoms with Crippen LogP contribution in [-0.2, 0) is 4.92 Å². The Balaban J connectivity index is -0.000000362. The topological polar surface area (TPSA) is 121 Å². The van der Waals surface area contributed by atoms with Crippen molar-refractivity contribution < 1.29 is 35.6 Å². The van der Waals surface area contributed by atoms with E-state index in [-0.39, 0.29) is 51.9 Å². The van der Waals surface area contributed by atoms with E-state index in [9.17, 15) is 0 Å². The number of phenolic OH excluding ortho intramolecular Hbond substituents is 6. The molecule has 0 saturated carbocycles. The second-order valence-corrected chi connectivity index (χ2v) is 41.0. The van der Waals surface area contributed by atoms with E-state index in [1.807, 2.05) is 4.93 Å². The number of rotatable bonds is 0. The zero-order chi connectivity index (χ0) is 25.3. The molecule has 0 aliphatic carbocycles. The molecule has 0 saturated heterocycles. The molecule has 12 heteroatoms. The molecular weight excluding hydrogens is 942 g/mol. The molecule has 3 aromatic rings. The maximum absolute atomic E-state index is 8.94. The molecule has 0 atom stereocenters. The fourth-order valence-electron chi connectivity index (χ4n) is 1.61. The Hall–Kier alpha value is 0.254. The van der Waals surface area contributed by atoms with Crippen LogP contribution in [0.3, 0.4) is 0 Å². The minimum atomic E-state index is -0.278. The summed E-state index contributed by atoms with van der Waals surface area (Å²) in [5.41, 5.74) is 0.525. The van der Waals surface area contributed by atoms with Gasteiger partial charge in [0, 0.05) is 17.7 Å². The van der Waals surface area contributed by atoms with Crippen LogP contribution in [0.4, 0.5) is 0 Å². The molecule has 6 N–H and O–H groups in total. The van der Waals surface area contributed by atoms with Gasteiger partial charge in [0.15, 0.2) is 0 Å². The summed E-state index contributed by atoms with van der Waals surface area (Å²) in [7, 11) is 0. The van der Waals surface area contributed by atoms with Crippen molar-refractivity contribution in [1.82, 2.24) is 0 Å². The third kappa shape index (κ3) is 21.3. The molecular formula is C21H26ClI4O6V. The van der Waals surface area contributed by atoms with Crippen LogP contribution in [0.15, 0.2) is 60.7 Å². The van der Waals surface area contributed by atoms with Crippen molar-refractivity contribution in [3.05, 3.63) is 71.2 Å². The van der Waals surface area contributed by atoms with Gasteiger partial charge in [-0.25, -0.2) is 0 Å². The van der Waals surface area contributed by atoms with Gasteiger partial charge in [-0.1, -0.05) is 53.8 Å². The molecule has 0 aliphatic heterocycles. The molecule has 186 valence electrons. The number of aromatic hydroxyl groups is 6. The summed E-state index contributed by atoms with van der Waals surface area (Å²) in [5, 5.41) is 53.0. The fourth-order valence-corrected chi connectivity index (χ4v) is 1.72. The van der Waals surface area contributed by atoms with Crippen LogP contribution >= 0.6 is 94.1 Å². The molecule has 0 amide bonds. The number of phenols is 6. The van der Waals surface area contributed by atoms with E-state index in [0.29, 0.717) is 5.56 Å². The van der Waals surface area contributed by atoms with Crippen molar-refractivity contribution in [1.29, 1.82) is 0 Å². The third-order valence-electron chi connectivity index (χ3n) is 3.04. The SMILES string of the molecule is C.CI.Cc1c(O)cccc1O.Oc1ccc(Cl)c(O)c1.Oc1cccc(O)c1.[I][V]([I])[I]. The molecule has 0 radical (unpaired) electrons. The Morgan fingerprint density at radius 2 is 1.00 bits per heavy atom. The molecule has 0 unspecified atom stereocenters. The van der Waals surface area contributed by atoms with E-state index in [1.165, 1.54) is 48.5 Å². The first-order valence-corrected chi connectivity index (χ1v) is 24.3. The number of hydrogen-bond acceptors (Lipinski definition) is 6. The summed E-state index contributed by atoms with van der Waals surface area (Å²) < 4.78 is 0. The van der Waals surface area contributed by atoms with Gasteiger partial charge in [0.1, 0.15) is 34.5 Å². The molecule has 0 aromatic heterocycles. The molecule has 33 heavy (non-hydrogen) atoms. The first-order chi connectivity index (χ1) is 14.9. The average molecular weight is 968 g/mol. The van der Waals surface area contributed by atoms with Crippen LogP contribution < -0.4 is 0 Å². The second-order valence-electron chi connectivity index (χ2n) is 5.27. The van der Waals surface area contributed by atoms with Crippen LogP contribution in [0.5, 0.6) is 34.5 Å². The second kappa shape index (κ2) is 22.7. The van der Waals surface area contributed by atoms with Crippen LogP contribution in [0.1, 0.15) is 13.0 Å². The maximum atomic E-state index is 8.94. The third-order valence-corrected chi connectivity index (χ3v) is 3.36. The van der Waals surface area contributed by atoms with Crippen LogP contribution in [-0.4, -0.2) is 35.6 Å². The molecule has 0 bridgehead atoms. The van der Waals surface area contributed by atoms with E-state index in [4.69, 9.17) is 42.2 Å².